The van der Waals surface area contributed by atoms with E-state index in [0.29, 0.717) is 17.2 Å². The Hall–Kier alpha value is -0.580. The number of hydrogen-bond acceptors (Lipinski definition) is 3. The van der Waals surface area contributed by atoms with E-state index in [0.717, 1.165) is 44.6 Å². The van der Waals surface area contributed by atoms with Crippen molar-refractivity contribution in [1.29, 1.82) is 0 Å². The lowest BCUT2D eigenvalue weighted by molar-refractivity contribution is 0.274. The number of imidazole rings is 1. The molecule has 1 fully saturated rings. The summed E-state index contributed by atoms with van der Waals surface area (Å²) in [5.74, 6) is 0. The monoisotopic (exact) mass is 270 g/mol. The Balaban J connectivity index is 2.16. The van der Waals surface area contributed by atoms with Gasteiger partial charge in [0.1, 0.15) is 5.15 Å². The molecule has 4 nitrogen and oxygen atoms in total. The van der Waals surface area contributed by atoms with E-state index >= 15 is 0 Å². The quantitative estimate of drug-likeness (QED) is 0.860. The van der Waals surface area contributed by atoms with Gasteiger partial charge in [-0.2, -0.15) is 0 Å². The van der Waals surface area contributed by atoms with E-state index in [9.17, 15) is 0 Å². The molecule has 1 aromatic heterocycles. The maximum Gasteiger partial charge on any atom is 0.150 e. The van der Waals surface area contributed by atoms with Crippen LogP contribution in [0.5, 0.6) is 0 Å². The topological polar surface area (TPSA) is 41.9 Å². The molecule has 2 rings (SSSR count). The van der Waals surface area contributed by atoms with Gasteiger partial charge in [-0.15, -0.1) is 0 Å². The van der Waals surface area contributed by atoms with Crippen LogP contribution >= 0.6 is 11.6 Å². The zero-order valence-corrected chi connectivity index (χ0v) is 12.0. The van der Waals surface area contributed by atoms with Gasteiger partial charge >= 0.3 is 0 Å². The van der Waals surface area contributed by atoms with E-state index in [4.69, 9.17) is 11.6 Å². The van der Waals surface area contributed by atoms with Crippen LogP contribution in [0.3, 0.4) is 0 Å². The minimum atomic E-state index is 0.466. The Bertz CT molecular complexity index is 377. The highest BCUT2D eigenvalue weighted by Gasteiger charge is 2.27. The Morgan fingerprint density at radius 3 is 3.11 bits per heavy atom. The molecule has 2 N–H and O–H groups in total. The van der Waals surface area contributed by atoms with Gasteiger partial charge in [0.2, 0.25) is 0 Å². The molecule has 0 spiro atoms. The van der Waals surface area contributed by atoms with E-state index in [2.05, 4.69) is 34.0 Å². The summed E-state index contributed by atoms with van der Waals surface area (Å²) in [5, 5.41) is 7.74. The zero-order chi connectivity index (χ0) is 13.0. The van der Waals surface area contributed by atoms with E-state index in [1.807, 2.05) is 6.33 Å². The van der Waals surface area contributed by atoms with Crippen LogP contribution in [0.1, 0.15) is 38.4 Å². The summed E-state index contributed by atoms with van der Waals surface area (Å²) in [4.78, 5) is 4.26. The second-order valence-electron chi connectivity index (χ2n) is 4.86. The van der Waals surface area contributed by atoms with Gasteiger partial charge in [-0.1, -0.05) is 25.4 Å². The van der Waals surface area contributed by atoms with Crippen molar-refractivity contribution < 1.29 is 0 Å². The first-order chi connectivity index (χ1) is 8.77. The van der Waals surface area contributed by atoms with Crippen molar-refractivity contribution in [2.24, 2.45) is 0 Å². The summed E-state index contributed by atoms with van der Waals surface area (Å²) in [7, 11) is 0. The molecule has 1 aliphatic heterocycles. The Morgan fingerprint density at radius 1 is 1.56 bits per heavy atom. The Labute approximate surface area is 114 Å². The van der Waals surface area contributed by atoms with Crippen LogP contribution in [0.4, 0.5) is 0 Å². The van der Waals surface area contributed by atoms with Gasteiger partial charge in [-0.05, 0) is 32.4 Å². The van der Waals surface area contributed by atoms with Gasteiger partial charge in [-0.3, -0.25) is 0 Å². The standard InChI is InChI=1S/C13H23ClN4/c1-3-6-16-10-8-15-7-5-12(10)18-9-17-13(14)11(18)4-2/h9-10,12,15-16H,3-8H2,1-2H3/t10-,12+/m1/s1. The minimum Gasteiger partial charge on any atom is -0.328 e. The molecule has 2 atom stereocenters. The van der Waals surface area contributed by atoms with Crippen molar-refractivity contribution in [2.75, 3.05) is 19.6 Å². The molecule has 18 heavy (non-hydrogen) atoms. The van der Waals surface area contributed by atoms with Crippen LogP contribution in [0, 0.1) is 0 Å². The largest absolute Gasteiger partial charge is 0.328 e. The van der Waals surface area contributed by atoms with E-state index < -0.39 is 0 Å². The summed E-state index contributed by atoms with van der Waals surface area (Å²) in [6.07, 6.45) is 5.12. The van der Waals surface area contributed by atoms with Crippen molar-refractivity contribution >= 4 is 11.6 Å². The molecule has 5 heteroatoms. The molecule has 1 aliphatic rings. The second-order valence-corrected chi connectivity index (χ2v) is 5.22. The summed E-state index contributed by atoms with van der Waals surface area (Å²) in [6.45, 7) is 7.48. The van der Waals surface area contributed by atoms with E-state index in [1.165, 1.54) is 0 Å². The maximum atomic E-state index is 6.15. The van der Waals surface area contributed by atoms with Crippen LogP contribution in [-0.4, -0.2) is 35.2 Å². The maximum absolute atomic E-state index is 6.15. The summed E-state index contributed by atoms with van der Waals surface area (Å²) >= 11 is 6.15. The molecular weight excluding hydrogens is 248 g/mol. The molecule has 0 radical (unpaired) electrons. The number of piperidine rings is 1. The highest BCUT2D eigenvalue weighted by molar-refractivity contribution is 6.30. The average molecular weight is 271 g/mol. The van der Waals surface area contributed by atoms with Crippen LogP contribution < -0.4 is 10.6 Å². The van der Waals surface area contributed by atoms with Crippen LogP contribution in [0.25, 0.3) is 0 Å². The molecule has 1 saturated heterocycles. The van der Waals surface area contributed by atoms with Gasteiger partial charge in [0.05, 0.1) is 18.1 Å². The highest BCUT2D eigenvalue weighted by atomic mass is 35.5. The predicted molar refractivity (Wildman–Crippen MR) is 75.2 cm³/mol. The molecule has 0 bridgehead atoms. The minimum absolute atomic E-state index is 0.466. The van der Waals surface area contributed by atoms with Gasteiger partial charge in [0.15, 0.2) is 0 Å². The van der Waals surface area contributed by atoms with Gasteiger partial charge in [-0.25, -0.2) is 4.98 Å². The molecule has 0 aliphatic carbocycles. The highest BCUT2D eigenvalue weighted by Crippen LogP contribution is 2.25. The summed E-state index contributed by atoms with van der Waals surface area (Å²) in [5.41, 5.74) is 1.16. The number of hydrogen-bond donors (Lipinski definition) is 2. The fraction of sp³-hybridized carbons (Fsp3) is 0.769. The SMILES string of the molecule is CCCN[C@@H]1CNCC[C@@H]1n1cnc(Cl)c1CC. The van der Waals surface area contributed by atoms with Crippen molar-refractivity contribution in [1.82, 2.24) is 20.2 Å². The fourth-order valence-electron chi connectivity index (χ4n) is 2.69. The van der Waals surface area contributed by atoms with Gasteiger partial charge < -0.3 is 15.2 Å². The van der Waals surface area contributed by atoms with Crippen molar-refractivity contribution in [3.05, 3.63) is 17.2 Å². The molecule has 0 aromatic carbocycles. The lowest BCUT2D eigenvalue weighted by Crippen LogP contribution is -2.50. The molecule has 0 saturated carbocycles. The Kier molecular flexibility index (Phi) is 5.03. The first-order valence-corrected chi connectivity index (χ1v) is 7.31. The van der Waals surface area contributed by atoms with E-state index in [1.54, 1.807) is 0 Å². The first-order valence-electron chi connectivity index (χ1n) is 6.93. The Morgan fingerprint density at radius 2 is 2.39 bits per heavy atom. The van der Waals surface area contributed by atoms with Gasteiger partial charge in [0.25, 0.3) is 0 Å². The van der Waals surface area contributed by atoms with Gasteiger partial charge in [0, 0.05) is 12.6 Å². The molecule has 1 aromatic rings. The van der Waals surface area contributed by atoms with Crippen LogP contribution in [0.15, 0.2) is 6.33 Å². The smallest absolute Gasteiger partial charge is 0.150 e. The fourth-order valence-corrected chi connectivity index (χ4v) is 2.97. The number of halogens is 1. The first kappa shape index (κ1) is 13.8. The third-order valence-corrected chi connectivity index (χ3v) is 3.96. The molecule has 102 valence electrons. The van der Waals surface area contributed by atoms with Crippen LogP contribution in [0.2, 0.25) is 5.15 Å². The number of aromatic nitrogens is 2. The normalized spacial score (nSPS) is 24.4. The average Bonchev–Trinajstić information content (AvgIpc) is 2.77. The third-order valence-electron chi connectivity index (χ3n) is 3.64. The lowest BCUT2D eigenvalue weighted by Gasteiger charge is -2.34. The molecule has 0 unspecified atom stereocenters. The van der Waals surface area contributed by atoms with E-state index in [-0.39, 0.29) is 0 Å². The lowest BCUT2D eigenvalue weighted by atomic mass is 10.00. The molecule has 0 amide bonds. The summed E-state index contributed by atoms with van der Waals surface area (Å²) < 4.78 is 2.27. The van der Waals surface area contributed by atoms with Crippen LogP contribution in [-0.2, 0) is 6.42 Å². The number of rotatable bonds is 5. The number of nitrogens with zero attached hydrogens (tertiary/aromatic N) is 2. The third kappa shape index (κ3) is 2.87. The second kappa shape index (κ2) is 6.55. The zero-order valence-electron chi connectivity index (χ0n) is 11.2. The van der Waals surface area contributed by atoms with Crippen molar-refractivity contribution in [3.63, 3.8) is 0 Å². The van der Waals surface area contributed by atoms with Crippen molar-refractivity contribution in [3.8, 4) is 0 Å². The molecule has 2 heterocycles. The molecular formula is C13H23ClN4. The van der Waals surface area contributed by atoms with Crippen molar-refractivity contribution in [2.45, 2.75) is 45.2 Å². The number of nitrogens with one attached hydrogen (secondary N) is 2. The summed E-state index contributed by atoms with van der Waals surface area (Å²) in [6, 6.07) is 0.932. The predicted octanol–water partition coefficient (Wildman–Crippen LogP) is 2.00.